The number of fused-ring (bicyclic) bond motifs is 1. The Kier molecular flexibility index (Phi) is 3.14. The average molecular weight is 247 g/mol. The predicted octanol–water partition coefficient (Wildman–Crippen LogP) is 2.86. The molecule has 3 rings (SSSR count). The largest absolute Gasteiger partial charge is 0.395 e. The van der Waals surface area contributed by atoms with Gasteiger partial charge in [0.2, 0.25) is 0 Å². The molecule has 0 saturated carbocycles. The highest BCUT2D eigenvalue weighted by atomic mass is 32.1. The van der Waals surface area contributed by atoms with Crippen LogP contribution in [0.4, 0.5) is 0 Å². The summed E-state index contributed by atoms with van der Waals surface area (Å²) in [6, 6.07) is 8.94. The van der Waals surface area contributed by atoms with Gasteiger partial charge in [-0.05, 0) is 41.8 Å². The molecule has 17 heavy (non-hydrogen) atoms. The molecule has 2 aromatic rings. The Balaban J connectivity index is 1.85. The molecule has 90 valence electrons. The van der Waals surface area contributed by atoms with Crippen molar-refractivity contribution in [2.45, 2.75) is 25.4 Å². The first kappa shape index (κ1) is 11.2. The molecule has 0 unspecified atom stereocenters. The fourth-order valence-electron chi connectivity index (χ4n) is 2.68. The zero-order valence-corrected chi connectivity index (χ0v) is 10.6. The minimum atomic E-state index is 0.294. The van der Waals surface area contributed by atoms with Crippen LogP contribution in [-0.2, 0) is 6.54 Å². The predicted molar refractivity (Wildman–Crippen MR) is 72.3 cm³/mol. The molecular formula is C14H17NOS. The summed E-state index contributed by atoms with van der Waals surface area (Å²) in [6.45, 7) is 2.40. The fraction of sp³-hybridized carbons (Fsp3) is 0.429. The third-order valence-corrected chi connectivity index (χ3v) is 4.66. The SMILES string of the molecule is OC[C@H]1CCCN1Cc1csc2ccccc12. The van der Waals surface area contributed by atoms with Crippen LogP contribution >= 0.6 is 11.3 Å². The molecule has 0 bridgehead atoms. The first-order chi connectivity index (χ1) is 8.38. The van der Waals surface area contributed by atoms with E-state index in [1.807, 2.05) is 11.3 Å². The molecule has 0 spiro atoms. The smallest absolute Gasteiger partial charge is 0.0587 e. The van der Waals surface area contributed by atoms with E-state index in [4.69, 9.17) is 0 Å². The Hall–Kier alpha value is -0.900. The highest BCUT2D eigenvalue weighted by molar-refractivity contribution is 7.17. The van der Waals surface area contributed by atoms with Gasteiger partial charge in [0.15, 0.2) is 0 Å². The monoisotopic (exact) mass is 247 g/mol. The fourth-order valence-corrected chi connectivity index (χ4v) is 3.64. The number of hydrogen-bond acceptors (Lipinski definition) is 3. The summed E-state index contributed by atoms with van der Waals surface area (Å²) in [5, 5.41) is 13.0. The van der Waals surface area contributed by atoms with E-state index in [0.717, 1.165) is 19.5 Å². The molecule has 1 aromatic carbocycles. The van der Waals surface area contributed by atoms with Crippen molar-refractivity contribution >= 4 is 21.4 Å². The van der Waals surface area contributed by atoms with Crippen LogP contribution in [0.2, 0.25) is 0 Å². The summed E-state index contributed by atoms with van der Waals surface area (Å²) < 4.78 is 1.36. The van der Waals surface area contributed by atoms with Crippen molar-refractivity contribution in [1.82, 2.24) is 4.90 Å². The van der Waals surface area contributed by atoms with E-state index in [2.05, 4.69) is 34.5 Å². The van der Waals surface area contributed by atoms with Crippen LogP contribution in [0.5, 0.6) is 0 Å². The maximum absolute atomic E-state index is 9.34. The van der Waals surface area contributed by atoms with Gasteiger partial charge in [0.25, 0.3) is 0 Å². The first-order valence-electron chi connectivity index (χ1n) is 6.18. The van der Waals surface area contributed by atoms with Crippen LogP contribution in [0.15, 0.2) is 29.6 Å². The molecule has 1 aromatic heterocycles. The number of thiophene rings is 1. The maximum atomic E-state index is 9.34. The normalized spacial score (nSPS) is 21.4. The van der Waals surface area contributed by atoms with Crippen LogP contribution < -0.4 is 0 Å². The molecule has 1 fully saturated rings. The van der Waals surface area contributed by atoms with Gasteiger partial charge in [-0.3, -0.25) is 4.90 Å². The standard InChI is InChI=1S/C14H17NOS/c16-9-12-4-3-7-15(12)8-11-10-17-14-6-2-1-5-13(11)14/h1-2,5-6,10,12,16H,3-4,7-9H2/t12-/m1/s1. The Bertz CT molecular complexity index is 508. The lowest BCUT2D eigenvalue weighted by Gasteiger charge is -2.22. The van der Waals surface area contributed by atoms with E-state index in [0.29, 0.717) is 12.6 Å². The van der Waals surface area contributed by atoms with Crippen LogP contribution in [0.1, 0.15) is 18.4 Å². The quantitative estimate of drug-likeness (QED) is 0.901. The third kappa shape index (κ3) is 2.10. The topological polar surface area (TPSA) is 23.5 Å². The minimum Gasteiger partial charge on any atom is -0.395 e. The summed E-state index contributed by atoms with van der Waals surface area (Å²) in [7, 11) is 0. The summed E-state index contributed by atoms with van der Waals surface area (Å²) in [6.07, 6.45) is 2.35. The Morgan fingerprint density at radius 1 is 1.35 bits per heavy atom. The molecule has 2 heterocycles. The van der Waals surface area contributed by atoms with E-state index in [1.54, 1.807) is 0 Å². The van der Waals surface area contributed by atoms with Gasteiger partial charge >= 0.3 is 0 Å². The molecule has 1 saturated heterocycles. The molecule has 1 aliphatic heterocycles. The lowest BCUT2D eigenvalue weighted by atomic mass is 10.1. The van der Waals surface area contributed by atoms with Crippen LogP contribution in [0.25, 0.3) is 10.1 Å². The zero-order chi connectivity index (χ0) is 11.7. The second kappa shape index (κ2) is 4.77. The number of likely N-dealkylation sites (tertiary alicyclic amines) is 1. The molecular weight excluding hydrogens is 230 g/mol. The van der Waals surface area contributed by atoms with Crippen LogP contribution in [0, 0.1) is 0 Å². The molecule has 2 nitrogen and oxygen atoms in total. The van der Waals surface area contributed by atoms with Crippen molar-refractivity contribution in [1.29, 1.82) is 0 Å². The van der Waals surface area contributed by atoms with Crippen LogP contribution in [-0.4, -0.2) is 29.2 Å². The molecule has 0 radical (unpaired) electrons. The van der Waals surface area contributed by atoms with E-state index in [1.165, 1.54) is 22.1 Å². The maximum Gasteiger partial charge on any atom is 0.0587 e. The third-order valence-electron chi connectivity index (χ3n) is 3.64. The highest BCUT2D eigenvalue weighted by Gasteiger charge is 2.24. The van der Waals surface area contributed by atoms with E-state index < -0.39 is 0 Å². The van der Waals surface area contributed by atoms with Gasteiger partial charge in [0.1, 0.15) is 0 Å². The number of nitrogens with zero attached hydrogens (tertiary/aromatic N) is 1. The Labute approximate surface area is 105 Å². The minimum absolute atomic E-state index is 0.294. The summed E-state index contributed by atoms with van der Waals surface area (Å²) >= 11 is 1.82. The second-order valence-electron chi connectivity index (χ2n) is 4.71. The lowest BCUT2D eigenvalue weighted by molar-refractivity contribution is 0.154. The Morgan fingerprint density at radius 2 is 2.24 bits per heavy atom. The van der Waals surface area contributed by atoms with Crippen molar-refractivity contribution in [3.8, 4) is 0 Å². The van der Waals surface area contributed by atoms with Gasteiger partial charge < -0.3 is 5.11 Å². The van der Waals surface area contributed by atoms with Crippen molar-refractivity contribution in [3.63, 3.8) is 0 Å². The Morgan fingerprint density at radius 3 is 3.12 bits per heavy atom. The van der Waals surface area contributed by atoms with Gasteiger partial charge in [-0.25, -0.2) is 0 Å². The highest BCUT2D eigenvalue weighted by Crippen LogP contribution is 2.28. The average Bonchev–Trinajstić information content (AvgIpc) is 2.97. The van der Waals surface area contributed by atoms with Crippen molar-refractivity contribution < 1.29 is 5.11 Å². The number of rotatable bonds is 3. The molecule has 1 N–H and O–H groups in total. The molecule has 1 atom stereocenters. The summed E-state index contributed by atoms with van der Waals surface area (Å²) in [4.78, 5) is 2.41. The van der Waals surface area contributed by atoms with Gasteiger partial charge in [0.05, 0.1) is 6.61 Å². The summed E-state index contributed by atoms with van der Waals surface area (Å²) in [5.41, 5.74) is 1.41. The second-order valence-corrected chi connectivity index (χ2v) is 5.62. The van der Waals surface area contributed by atoms with Crippen molar-refractivity contribution in [2.24, 2.45) is 0 Å². The first-order valence-corrected chi connectivity index (χ1v) is 7.06. The number of benzene rings is 1. The van der Waals surface area contributed by atoms with Crippen LogP contribution in [0.3, 0.4) is 0 Å². The molecule has 3 heteroatoms. The number of aliphatic hydroxyl groups excluding tert-OH is 1. The van der Waals surface area contributed by atoms with Crippen molar-refractivity contribution in [3.05, 3.63) is 35.2 Å². The zero-order valence-electron chi connectivity index (χ0n) is 9.80. The molecule has 0 amide bonds. The van der Waals surface area contributed by atoms with Crippen molar-refractivity contribution in [2.75, 3.05) is 13.2 Å². The molecule has 1 aliphatic rings. The van der Waals surface area contributed by atoms with Gasteiger partial charge in [-0.15, -0.1) is 11.3 Å². The van der Waals surface area contributed by atoms with Gasteiger partial charge in [-0.1, -0.05) is 18.2 Å². The van der Waals surface area contributed by atoms with E-state index >= 15 is 0 Å². The van der Waals surface area contributed by atoms with E-state index in [-0.39, 0.29) is 0 Å². The number of hydrogen-bond donors (Lipinski definition) is 1. The van der Waals surface area contributed by atoms with Gasteiger partial charge in [-0.2, -0.15) is 0 Å². The summed E-state index contributed by atoms with van der Waals surface area (Å²) in [5.74, 6) is 0. The van der Waals surface area contributed by atoms with Gasteiger partial charge in [0, 0.05) is 17.3 Å². The molecule has 0 aliphatic carbocycles. The lowest BCUT2D eigenvalue weighted by Crippen LogP contribution is -2.31. The van der Waals surface area contributed by atoms with E-state index in [9.17, 15) is 5.11 Å². The number of aliphatic hydroxyl groups is 1.